The van der Waals surface area contributed by atoms with Crippen LogP contribution in [0.5, 0.6) is 5.75 Å². The molecule has 2 aromatic rings. The van der Waals surface area contributed by atoms with Crippen LogP contribution in [-0.2, 0) is 12.0 Å². The van der Waals surface area contributed by atoms with Crippen molar-refractivity contribution in [2.45, 2.75) is 39.2 Å². The van der Waals surface area contributed by atoms with Crippen molar-refractivity contribution in [3.63, 3.8) is 0 Å². The van der Waals surface area contributed by atoms with Crippen molar-refractivity contribution in [2.24, 2.45) is 0 Å². The summed E-state index contributed by atoms with van der Waals surface area (Å²) in [6, 6.07) is 17.9. The van der Waals surface area contributed by atoms with E-state index in [1.165, 1.54) is 5.56 Å². The van der Waals surface area contributed by atoms with Crippen LogP contribution in [0.15, 0.2) is 48.5 Å². The van der Waals surface area contributed by atoms with Crippen LogP contribution in [-0.4, -0.2) is 0 Å². The van der Waals surface area contributed by atoms with Gasteiger partial charge in [-0.1, -0.05) is 45.0 Å². The average molecular weight is 279 g/mol. The highest BCUT2D eigenvalue weighted by atomic mass is 16.5. The largest absolute Gasteiger partial charge is 0.489 e. The molecule has 0 aliphatic rings. The zero-order valence-corrected chi connectivity index (χ0v) is 12.9. The standard InChI is InChI=1S/C19H21NO/c1-4-19(2,3)17-9-11-18(12-10-17)21-14-16-7-5-15(13-20)6-8-16/h5-12H,4,14H2,1-3H3. The molecule has 2 nitrogen and oxygen atoms in total. The number of nitriles is 1. The summed E-state index contributed by atoms with van der Waals surface area (Å²) in [7, 11) is 0. The van der Waals surface area contributed by atoms with E-state index in [1.807, 2.05) is 36.4 Å². The Morgan fingerprint density at radius 3 is 2.14 bits per heavy atom. The lowest BCUT2D eigenvalue weighted by Crippen LogP contribution is -2.15. The maximum atomic E-state index is 8.77. The molecule has 0 atom stereocenters. The van der Waals surface area contributed by atoms with Gasteiger partial charge in [-0.2, -0.15) is 5.26 Å². The second kappa shape index (κ2) is 6.45. The third kappa shape index (κ3) is 3.86. The van der Waals surface area contributed by atoms with Gasteiger partial charge >= 0.3 is 0 Å². The second-order valence-electron chi connectivity index (χ2n) is 5.86. The Morgan fingerprint density at radius 2 is 1.62 bits per heavy atom. The van der Waals surface area contributed by atoms with Gasteiger partial charge in [0, 0.05) is 0 Å². The molecule has 0 fully saturated rings. The lowest BCUT2D eigenvalue weighted by Gasteiger charge is -2.23. The number of rotatable bonds is 5. The second-order valence-corrected chi connectivity index (χ2v) is 5.86. The van der Waals surface area contributed by atoms with Crippen molar-refractivity contribution in [2.75, 3.05) is 0 Å². The molecular formula is C19H21NO. The van der Waals surface area contributed by atoms with Gasteiger partial charge in [0.2, 0.25) is 0 Å². The monoisotopic (exact) mass is 279 g/mol. The minimum Gasteiger partial charge on any atom is -0.489 e. The molecule has 0 spiro atoms. The highest BCUT2D eigenvalue weighted by molar-refractivity contribution is 5.33. The average Bonchev–Trinajstić information content (AvgIpc) is 2.54. The molecule has 0 N–H and O–H groups in total. The molecule has 0 heterocycles. The van der Waals surface area contributed by atoms with Gasteiger partial charge in [0.05, 0.1) is 11.6 Å². The fourth-order valence-corrected chi connectivity index (χ4v) is 2.05. The van der Waals surface area contributed by atoms with Gasteiger partial charge in [0.15, 0.2) is 0 Å². The van der Waals surface area contributed by atoms with E-state index in [9.17, 15) is 0 Å². The Hall–Kier alpha value is -2.27. The molecule has 2 heteroatoms. The molecule has 0 saturated heterocycles. The summed E-state index contributed by atoms with van der Waals surface area (Å²) in [5, 5.41) is 8.77. The Bertz CT molecular complexity index is 618. The molecule has 0 saturated carbocycles. The van der Waals surface area contributed by atoms with Crippen molar-refractivity contribution in [3.8, 4) is 11.8 Å². The molecule has 0 radical (unpaired) electrons. The molecule has 0 aromatic heterocycles. The summed E-state index contributed by atoms with van der Waals surface area (Å²) in [5.74, 6) is 0.870. The van der Waals surface area contributed by atoms with Crippen LogP contribution >= 0.6 is 0 Å². The van der Waals surface area contributed by atoms with Crippen LogP contribution in [0.25, 0.3) is 0 Å². The van der Waals surface area contributed by atoms with Gasteiger partial charge in [0.25, 0.3) is 0 Å². The third-order valence-corrected chi connectivity index (χ3v) is 4.01. The van der Waals surface area contributed by atoms with Gasteiger partial charge in [-0.05, 0) is 47.2 Å². The van der Waals surface area contributed by atoms with Crippen molar-refractivity contribution in [3.05, 3.63) is 65.2 Å². The first-order chi connectivity index (χ1) is 10.0. The third-order valence-electron chi connectivity index (χ3n) is 4.01. The van der Waals surface area contributed by atoms with Crippen molar-refractivity contribution in [1.82, 2.24) is 0 Å². The molecule has 0 unspecified atom stereocenters. The molecule has 0 aliphatic carbocycles. The van der Waals surface area contributed by atoms with E-state index in [4.69, 9.17) is 10.00 Å². The fourth-order valence-electron chi connectivity index (χ4n) is 2.05. The minimum atomic E-state index is 0.200. The summed E-state index contributed by atoms with van der Waals surface area (Å²) in [6.45, 7) is 7.22. The zero-order valence-electron chi connectivity index (χ0n) is 12.9. The molecule has 2 rings (SSSR count). The molecule has 21 heavy (non-hydrogen) atoms. The summed E-state index contributed by atoms with van der Waals surface area (Å²) in [4.78, 5) is 0. The molecule has 0 bridgehead atoms. The van der Waals surface area contributed by atoms with E-state index in [0.717, 1.165) is 17.7 Å². The summed E-state index contributed by atoms with van der Waals surface area (Å²) in [5.41, 5.74) is 3.26. The Balaban J connectivity index is 1.99. The van der Waals surface area contributed by atoms with Gasteiger partial charge in [-0.25, -0.2) is 0 Å². The van der Waals surface area contributed by atoms with Crippen LogP contribution in [0, 0.1) is 11.3 Å². The first kappa shape index (κ1) is 15.1. The van der Waals surface area contributed by atoms with Crippen LogP contribution in [0.4, 0.5) is 0 Å². The highest BCUT2D eigenvalue weighted by Gasteiger charge is 2.17. The predicted molar refractivity (Wildman–Crippen MR) is 85.2 cm³/mol. The van der Waals surface area contributed by atoms with Gasteiger partial charge in [-0.3, -0.25) is 0 Å². The maximum Gasteiger partial charge on any atom is 0.119 e. The lowest BCUT2D eigenvalue weighted by molar-refractivity contribution is 0.306. The van der Waals surface area contributed by atoms with Crippen molar-refractivity contribution < 1.29 is 4.74 Å². The Labute approximate surface area is 127 Å². The molecular weight excluding hydrogens is 258 g/mol. The number of hydrogen-bond donors (Lipinski definition) is 0. The molecule has 2 aromatic carbocycles. The van der Waals surface area contributed by atoms with Crippen LogP contribution in [0.2, 0.25) is 0 Å². The predicted octanol–water partition coefficient (Wildman–Crippen LogP) is 4.82. The van der Waals surface area contributed by atoms with E-state index in [2.05, 4.69) is 39.0 Å². The maximum absolute atomic E-state index is 8.77. The number of hydrogen-bond acceptors (Lipinski definition) is 2. The minimum absolute atomic E-state index is 0.200. The van der Waals surface area contributed by atoms with Crippen LogP contribution < -0.4 is 4.74 Å². The topological polar surface area (TPSA) is 33.0 Å². The van der Waals surface area contributed by atoms with E-state index >= 15 is 0 Å². The summed E-state index contributed by atoms with van der Waals surface area (Å²) in [6.07, 6.45) is 1.11. The van der Waals surface area contributed by atoms with E-state index in [1.54, 1.807) is 0 Å². The van der Waals surface area contributed by atoms with E-state index in [-0.39, 0.29) is 5.41 Å². The van der Waals surface area contributed by atoms with Gasteiger partial charge < -0.3 is 4.74 Å². The normalized spacial score (nSPS) is 11.0. The smallest absolute Gasteiger partial charge is 0.119 e. The van der Waals surface area contributed by atoms with Gasteiger partial charge in [-0.15, -0.1) is 0 Å². The SMILES string of the molecule is CCC(C)(C)c1ccc(OCc2ccc(C#N)cc2)cc1. The van der Waals surface area contributed by atoms with E-state index in [0.29, 0.717) is 12.2 Å². The first-order valence-electron chi connectivity index (χ1n) is 7.27. The fraction of sp³-hybridized carbons (Fsp3) is 0.316. The van der Waals surface area contributed by atoms with E-state index < -0.39 is 0 Å². The molecule has 0 aliphatic heterocycles. The Kier molecular flexibility index (Phi) is 4.65. The highest BCUT2D eigenvalue weighted by Crippen LogP contribution is 2.28. The van der Waals surface area contributed by atoms with Crippen LogP contribution in [0.3, 0.4) is 0 Å². The zero-order chi connectivity index (χ0) is 15.3. The van der Waals surface area contributed by atoms with Gasteiger partial charge in [0.1, 0.15) is 12.4 Å². The summed E-state index contributed by atoms with van der Waals surface area (Å²) < 4.78 is 5.78. The quantitative estimate of drug-likeness (QED) is 0.785. The van der Waals surface area contributed by atoms with Crippen LogP contribution in [0.1, 0.15) is 43.9 Å². The molecule has 108 valence electrons. The molecule has 0 amide bonds. The lowest BCUT2D eigenvalue weighted by atomic mass is 9.82. The number of nitrogens with zero attached hydrogens (tertiary/aromatic N) is 1. The Morgan fingerprint density at radius 1 is 1.00 bits per heavy atom. The first-order valence-corrected chi connectivity index (χ1v) is 7.27. The number of benzene rings is 2. The number of ether oxygens (including phenoxy) is 1. The van der Waals surface area contributed by atoms with Crippen molar-refractivity contribution >= 4 is 0 Å². The summed E-state index contributed by atoms with van der Waals surface area (Å²) >= 11 is 0. The van der Waals surface area contributed by atoms with Crippen molar-refractivity contribution in [1.29, 1.82) is 5.26 Å².